The molecule has 0 radical (unpaired) electrons. The van der Waals surface area contributed by atoms with Gasteiger partial charge in [0.25, 0.3) is 0 Å². The Morgan fingerprint density at radius 3 is 1.30 bits per heavy atom. The fourth-order valence-electron chi connectivity index (χ4n) is 10.4. The Bertz CT molecular complexity index is 3280. The first-order chi connectivity index (χ1) is 36.6. The van der Waals surface area contributed by atoms with Gasteiger partial charge in [0.1, 0.15) is 11.2 Å². The van der Waals surface area contributed by atoms with Crippen molar-refractivity contribution in [2.24, 2.45) is 0 Å². The zero-order chi connectivity index (χ0) is 53.4. The largest absolute Gasteiger partial charge is 0.444 e. The minimum absolute atomic E-state index is 0.206. The molecule has 16 heteroatoms. The highest BCUT2D eigenvalue weighted by atomic mass is 16.6. The lowest BCUT2D eigenvalue weighted by Crippen LogP contribution is -2.41. The molecule has 4 aliphatic rings. The van der Waals surface area contributed by atoms with E-state index in [1.165, 1.54) is 53.8 Å². The molecule has 2 saturated heterocycles. The molecule has 2 amide bonds. The third kappa shape index (κ3) is 13.4. The first-order valence-corrected chi connectivity index (χ1v) is 27.0. The van der Waals surface area contributed by atoms with E-state index >= 15 is 0 Å². The maximum absolute atomic E-state index is 12.1. The number of likely N-dealkylation sites (N-methyl/N-ethyl adjacent to an activating group) is 1. The highest BCUT2D eigenvalue weighted by Crippen LogP contribution is 2.34. The minimum Gasteiger partial charge on any atom is -0.444 e. The van der Waals surface area contributed by atoms with Crippen molar-refractivity contribution in [1.82, 2.24) is 59.5 Å². The monoisotopic (exact) mass is 1030 g/mol. The lowest BCUT2D eigenvalue weighted by Gasteiger charge is -2.33. The topological polar surface area (TPSA) is 180 Å². The Morgan fingerprint density at radius 1 is 0.487 bits per heavy atom. The van der Waals surface area contributed by atoms with Gasteiger partial charge in [-0.3, -0.25) is 19.9 Å². The molecule has 12 heterocycles. The van der Waals surface area contributed by atoms with Crippen molar-refractivity contribution in [2.45, 2.75) is 103 Å². The van der Waals surface area contributed by atoms with Crippen molar-refractivity contribution in [2.75, 3.05) is 66.5 Å². The maximum Gasteiger partial charge on any atom is 0.410 e. The number of carbonyl (C=O) groups is 2. The predicted molar refractivity (Wildman–Crippen MR) is 304 cm³/mol. The van der Waals surface area contributed by atoms with Crippen molar-refractivity contribution in [1.29, 1.82) is 0 Å². The van der Waals surface area contributed by atoms with Crippen molar-refractivity contribution < 1.29 is 19.1 Å². The predicted octanol–water partition coefficient (Wildman–Crippen LogP) is 11.9. The van der Waals surface area contributed by atoms with Gasteiger partial charge in [-0.15, -0.1) is 0 Å². The quantitative estimate of drug-likeness (QED) is 0.132. The molecule has 0 bridgehead atoms. The van der Waals surface area contributed by atoms with E-state index in [0.29, 0.717) is 24.9 Å². The van der Waals surface area contributed by atoms with Gasteiger partial charge < -0.3 is 49.0 Å². The third-order valence-corrected chi connectivity index (χ3v) is 14.5. The number of ether oxygens (including phenoxy) is 2. The zero-order valence-electron chi connectivity index (χ0n) is 45.7. The van der Waals surface area contributed by atoms with Crippen LogP contribution < -0.4 is 0 Å². The number of nitrogens with one attached hydrogen (secondary N) is 4. The molecule has 0 aromatic carbocycles. The molecule has 4 N–H and O–H groups in total. The van der Waals surface area contributed by atoms with Gasteiger partial charge in [-0.2, -0.15) is 0 Å². The van der Waals surface area contributed by atoms with Crippen LogP contribution in [0.5, 0.6) is 0 Å². The lowest BCUT2D eigenvalue weighted by molar-refractivity contribution is 0.0203. The standard InChI is InChI=1S/C17H23N3O2.C17H21N3O2.C13H17N3.C13H15N3/c2*1-17(2,3)22-16(21)20-9-6-12(7-10-20)13-11-19-14-5-4-8-18-15(13)14;2*1-16-7-4-10(5-8-16)11-9-15-12-3-2-6-14-13(11)12/h4-5,8,11-12,19H,6-7,9-10H2,1-3H3;4-6,8,11,19H,7,9-10H2,1-3H3;2-3,6,9-10,15H,4-5,7-8H2,1H3;2-4,6,9,15H,5,7-8H2,1H3. The van der Waals surface area contributed by atoms with E-state index in [1.807, 2.05) is 108 Å². The van der Waals surface area contributed by atoms with Gasteiger partial charge in [-0.05, 0) is 190 Å². The van der Waals surface area contributed by atoms with Crippen LogP contribution in [-0.2, 0) is 9.47 Å². The maximum atomic E-state index is 12.1. The molecule has 2 fully saturated rings. The van der Waals surface area contributed by atoms with Gasteiger partial charge in [-0.1, -0.05) is 12.2 Å². The van der Waals surface area contributed by atoms with E-state index in [9.17, 15) is 9.59 Å². The number of hydrogen-bond acceptors (Lipinski definition) is 10. The summed E-state index contributed by atoms with van der Waals surface area (Å²) in [4.78, 5) is 63.4. The summed E-state index contributed by atoms with van der Waals surface area (Å²) in [6, 6.07) is 16.0. The number of fused-ring (bicyclic) bond motifs is 4. The van der Waals surface area contributed by atoms with E-state index in [0.717, 1.165) is 102 Å². The van der Waals surface area contributed by atoms with Gasteiger partial charge in [0.2, 0.25) is 0 Å². The summed E-state index contributed by atoms with van der Waals surface area (Å²) >= 11 is 0. The van der Waals surface area contributed by atoms with E-state index < -0.39 is 11.2 Å². The molecule has 8 aromatic heterocycles. The SMILES string of the molecule is CC(C)(C)OC(=O)N1CC=C(c2c[nH]c3cccnc23)CC1.CC(C)(C)OC(=O)N1CCC(c2c[nH]c3cccnc23)CC1.CN1CC=C(c2c[nH]c3cccnc23)CC1.CN1CCC(c2c[nH]c3cccnc23)CC1. The summed E-state index contributed by atoms with van der Waals surface area (Å²) in [6.07, 6.45) is 25.9. The molecule has 0 spiro atoms. The van der Waals surface area contributed by atoms with E-state index in [-0.39, 0.29) is 12.2 Å². The molecule has 0 atom stereocenters. The molecule has 4 aliphatic heterocycles. The number of piperidine rings is 2. The highest BCUT2D eigenvalue weighted by Gasteiger charge is 2.29. The molecule has 16 nitrogen and oxygen atoms in total. The number of aromatic amines is 4. The summed E-state index contributed by atoms with van der Waals surface area (Å²) < 4.78 is 10.9. The van der Waals surface area contributed by atoms with Crippen LogP contribution in [0, 0.1) is 0 Å². The fraction of sp³-hybridized carbons (Fsp3) is 0.433. The van der Waals surface area contributed by atoms with E-state index in [1.54, 1.807) is 11.1 Å². The second-order valence-electron chi connectivity index (χ2n) is 22.5. The molecular formula is C60H76N12O4. The van der Waals surface area contributed by atoms with Crippen molar-refractivity contribution in [3.63, 3.8) is 0 Å². The van der Waals surface area contributed by atoms with Crippen molar-refractivity contribution in [3.05, 3.63) is 133 Å². The molecule has 12 rings (SSSR count). The molecule has 0 aliphatic carbocycles. The van der Waals surface area contributed by atoms with Crippen LogP contribution in [0.25, 0.3) is 55.3 Å². The number of likely N-dealkylation sites (tertiary alicyclic amines) is 2. The van der Waals surface area contributed by atoms with Crippen molar-refractivity contribution >= 4 is 67.5 Å². The number of pyridine rings is 4. The first-order valence-electron chi connectivity index (χ1n) is 27.0. The van der Waals surface area contributed by atoms with Crippen LogP contribution in [0.3, 0.4) is 0 Å². The van der Waals surface area contributed by atoms with Crippen LogP contribution in [0.4, 0.5) is 9.59 Å². The normalized spacial score (nSPS) is 17.3. The van der Waals surface area contributed by atoms with Gasteiger partial charge in [0.15, 0.2) is 0 Å². The second kappa shape index (κ2) is 23.7. The Labute approximate surface area is 446 Å². The number of H-pyrrole nitrogens is 4. The summed E-state index contributed by atoms with van der Waals surface area (Å²) in [5.41, 5.74) is 15.5. The highest BCUT2D eigenvalue weighted by molar-refractivity contribution is 5.91. The number of nitrogens with zero attached hydrogens (tertiary/aromatic N) is 8. The van der Waals surface area contributed by atoms with Gasteiger partial charge in [0.05, 0.1) is 44.1 Å². The smallest absolute Gasteiger partial charge is 0.410 e. The molecule has 8 aromatic rings. The summed E-state index contributed by atoms with van der Waals surface area (Å²) in [5.74, 6) is 1.13. The summed E-state index contributed by atoms with van der Waals surface area (Å²) in [5, 5.41) is 0. The molecule has 0 saturated carbocycles. The summed E-state index contributed by atoms with van der Waals surface area (Å²) in [6.45, 7) is 18.6. The minimum atomic E-state index is -0.457. The number of amides is 2. The van der Waals surface area contributed by atoms with Gasteiger partial charge in [0, 0.05) is 100.0 Å². The molecule has 0 unspecified atom stereocenters. The molecular weight excluding hydrogens is 953 g/mol. The van der Waals surface area contributed by atoms with Gasteiger partial charge >= 0.3 is 12.2 Å². The Balaban J connectivity index is 0.000000125. The van der Waals surface area contributed by atoms with Crippen molar-refractivity contribution in [3.8, 4) is 0 Å². The number of hydrogen-bond donors (Lipinski definition) is 4. The Morgan fingerprint density at radius 2 is 0.882 bits per heavy atom. The van der Waals surface area contributed by atoms with Crippen LogP contribution >= 0.6 is 0 Å². The Hall–Kier alpha value is -7.30. The fourth-order valence-corrected chi connectivity index (χ4v) is 10.4. The van der Waals surface area contributed by atoms with Crippen LogP contribution in [0.1, 0.15) is 114 Å². The van der Waals surface area contributed by atoms with Crippen LogP contribution in [-0.4, -0.2) is 149 Å². The van der Waals surface area contributed by atoms with E-state index in [2.05, 4.69) is 107 Å². The number of aromatic nitrogens is 8. The van der Waals surface area contributed by atoms with Gasteiger partial charge in [-0.25, -0.2) is 9.59 Å². The number of rotatable bonds is 4. The molecule has 400 valence electrons. The lowest BCUT2D eigenvalue weighted by atomic mass is 9.90. The first kappa shape index (κ1) is 53.5. The second-order valence-corrected chi connectivity index (χ2v) is 22.5. The Kier molecular flexibility index (Phi) is 16.7. The van der Waals surface area contributed by atoms with E-state index in [4.69, 9.17) is 9.47 Å². The van der Waals surface area contributed by atoms with Crippen LogP contribution in [0.2, 0.25) is 0 Å². The average Bonchev–Trinajstić information content (AvgIpc) is 4.25. The summed E-state index contributed by atoms with van der Waals surface area (Å²) in [7, 11) is 4.35. The molecule has 76 heavy (non-hydrogen) atoms. The number of carbonyl (C=O) groups excluding carboxylic acids is 2. The van der Waals surface area contributed by atoms with Crippen LogP contribution in [0.15, 0.2) is 110 Å². The average molecular weight is 1030 g/mol. The zero-order valence-corrected chi connectivity index (χ0v) is 45.7. The third-order valence-electron chi connectivity index (χ3n) is 14.5.